The molecule has 0 bridgehead atoms. The molecule has 1 amide bonds. The van der Waals surface area contributed by atoms with Gasteiger partial charge >= 0.3 is 6.18 Å². The molecule has 0 atom stereocenters. The van der Waals surface area contributed by atoms with Gasteiger partial charge in [-0.3, -0.25) is 9.78 Å². The van der Waals surface area contributed by atoms with Gasteiger partial charge in [-0.1, -0.05) is 18.2 Å². The summed E-state index contributed by atoms with van der Waals surface area (Å²) in [5.41, 5.74) is 1.36. The number of carbonyl (C=O) groups excluding carboxylic acids is 1. The number of hydrogen-bond acceptors (Lipinski definition) is 3. The highest BCUT2D eigenvalue weighted by molar-refractivity contribution is 6.04. The fraction of sp³-hybridized carbons (Fsp3) is 0.0455. The molecule has 0 spiro atoms. The number of nitrogens with zero attached hydrogens (tertiary/aromatic N) is 3. The van der Waals surface area contributed by atoms with Gasteiger partial charge in [0.15, 0.2) is 0 Å². The lowest BCUT2D eigenvalue weighted by Crippen LogP contribution is -2.15. The van der Waals surface area contributed by atoms with E-state index < -0.39 is 17.6 Å². The largest absolute Gasteiger partial charge is 0.416 e. The van der Waals surface area contributed by atoms with Crippen molar-refractivity contribution in [2.75, 3.05) is 5.32 Å². The minimum Gasteiger partial charge on any atom is -0.306 e. The van der Waals surface area contributed by atoms with Crippen molar-refractivity contribution in [1.82, 2.24) is 14.8 Å². The lowest BCUT2D eigenvalue weighted by atomic mass is 10.1. The number of rotatable bonds is 4. The first kappa shape index (κ1) is 19.4. The van der Waals surface area contributed by atoms with Gasteiger partial charge in [0.25, 0.3) is 5.91 Å². The predicted octanol–water partition coefficient (Wildman–Crippen LogP) is 5.21. The zero-order valence-electron chi connectivity index (χ0n) is 15.5. The molecule has 2 aromatic carbocycles. The first-order chi connectivity index (χ1) is 14.4. The van der Waals surface area contributed by atoms with E-state index in [0.29, 0.717) is 11.5 Å². The smallest absolute Gasteiger partial charge is 0.306 e. The molecule has 0 unspecified atom stereocenters. The van der Waals surface area contributed by atoms with Crippen LogP contribution in [0.2, 0.25) is 0 Å². The maximum atomic E-state index is 12.8. The van der Waals surface area contributed by atoms with Crippen LogP contribution < -0.4 is 5.32 Å². The van der Waals surface area contributed by atoms with Crippen molar-refractivity contribution in [1.29, 1.82) is 0 Å². The standard InChI is InChI=1S/C22H15F3N4O/c23-22(24,25)17-10-8-15(9-11-17)21(30)27-20-13-19(16-5-4-12-26-14-16)28-29(20)18-6-2-1-3-7-18/h1-14H,(H,27,30). The third kappa shape index (κ3) is 4.07. The molecular weight excluding hydrogens is 393 g/mol. The van der Waals surface area contributed by atoms with Crippen molar-refractivity contribution in [3.8, 4) is 16.9 Å². The number of hydrogen-bond donors (Lipinski definition) is 1. The van der Waals surface area contributed by atoms with Crippen LogP contribution in [0.4, 0.5) is 19.0 Å². The van der Waals surface area contributed by atoms with Crippen molar-refractivity contribution in [3.63, 3.8) is 0 Å². The molecular formula is C22H15F3N4O. The number of aromatic nitrogens is 3. The first-order valence-electron chi connectivity index (χ1n) is 8.96. The molecule has 4 aromatic rings. The predicted molar refractivity (Wildman–Crippen MR) is 106 cm³/mol. The third-order valence-electron chi connectivity index (χ3n) is 4.38. The van der Waals surface area contributed by atoms with Gasteiger partial charge < -0.3 is 5.32 Å². The lowest BCUT2D eigenvalue weighted by molar-refractivity contribution is -0.137. The number of benzene rings is 2. The number of nitrogens with one attached hydrogen (secondary N) is 1. The molecule has 0 radical (unpaired) electrons. The number of pyridine rings is 1. The Labute approximate surface area is 169 Å². The highest BCUT2D eigenvalue weighted by Gasteiger charge is 2.30. The minimum absolute atomic E-state index is 0.103. The molecule has 5 nitrogen and oxygen atoms in total. The zero-order valence-corrected chi connectivity index (χ0v) is 15.5. The van der Waals surface area contributed by atoms with Gasteiger partial charge in [-0.25, -0.2) is 4.68 Å². The third-order valence-corrected chi connectivity index (χ3v) is 4.38. The molecule has 2 aromatic heterocycles. The van der Waals surface area contributed by atoms with Gasteiger partial charge in [-0.05, 0) is 48.5 Å². The van der Waals surface area contributed by atoms with Crippen molar-refractivity contribution in [2.45, 2.75) is 6.18 Å². The van der Waals surface area contributed by atoms with Crippen LogP contribution in [0.25, 0.3) is 16.9 Å². The highest BCUT2D eigenvalue weighted by atomic mass is 19.4. The number of anilines is 1. The molecule has 0 saturated heterocycles. The summed E-state index contributed by atoms with van der Waals surface area (Å²) in [7, 11) is 0. The van der Waals surface area contributed by atoms with Gasteiger partial charge in [0.2, 0.25) is 0 Å². The summed E-state index contributed by atoms with van der Waals surface area (Å²) in [6.45, 7) is 0. The Hall–Kier alpha value is -3.94. The number of alkyl halides is 3. The molecule has 30 heavy (non-hydrogen) atoms. The van der Waals surface area contributed by atoms with Crippen LogP contribution in [0.15, 0.2) is 85.2 Å². The zero-order chi connectivity index (χ0) is 21.1. The average Bonchev–Trinajstić information content (AvgIpc) is 3.18. The summed E-state index contributed by atoms with van der Waals surface area (Å²) < 4.78 is 39.8. The SMILES string of the molecule is O=C(Nc1cc(-c2cccnc2)nn1-c1ccccc1)c1ccc(C(F)(F)F)cc1. The second-order valence-electron chi connectivity index (χ2n) is 6.43. The van der Waals surface area contributed by atoms with E-state index in [9.17, 15) is 18.0 Å². The minimum atomic E-state index is -4.46. The van der Waals surface area contributed by atoms with Gasteiger partial charge in [0.1, 0.15) is 5.82 Å². The molecule has 8 heteroatoms. The van der Waals surface area contributed by atoms with Crippen LogP contribution >= 0.6 is 0 Å². The maximum absolute atomic E-state index is 12.8. The Morgan fingerprint density at radius 3 is 2.30 bits per heavy atom. The summed E-state index contributed by atoms with van der Waals surface area (Å²) in [4.78, 5) is 16.7. The Bertz CT molecular complexity index is 1150. The van der Waals surface area contributed by atoms with E-state index in [1.165, 1.54) is 0 Å². The van der Waals surface area contributed by atoms with Crippen LogP contribution in [0.5, 0.6) is 0 Å². The Morgan fingerprint density at radius 2 is 1.67 bits per heavy atom. The molecule has 0 saturated carbocycles. The van der Waals surface area contributed by atoms with Crippen molar-refractivity contribution >= 4 is 11.7 Å². The topological polar surface area (TPSA) is 59.8 Å². The second kappa shape index (κ2) is 7.82. The molecule has 0 aliphatic carbocycles. The van der Waals surface area contributed by atoms with E-state index in [1.807, 2.05) is 36.4 Å². The van der Waals surface area contributed by atoms with Crippen LogP contribution in [0, 0.1) is 0 Å². The molecule has 1 N–H and O–H groups in total. The van der Waals surface area contributed by atoms with E-state index in [1.54, 1.807) is 29.2 Å². The lowest BCUT2D eigenvalue weighted by Gasteiger charge is -2.10. The average molecular weight is 408 g/mol. The Morgan fingerprint density at radius 1 is 0.933 bits per heavy atom. The van der Waals surface area contributed by atoms with Crippen LogP contribution in [0.3, 0.4) is 0 Å². The molecule has 0 aliphatic heterocycles. The molecule has 4 rings (SSSR count). The quantitative estimate of drug-likeness (QED) is 0.505. The van der Waals surface area contributed by atoms with Gasteiger partial charge in [0.05, 0.1) is 16.9 Å². The molecule has 0 fully saturated rings. The number of carbonyl (C=O) groups is 1. The van der Waals surface area contributed by atoms with Gasteiger partial charge in [-0.2, -0.15) is 18.3 Å². The fourth-order valence-corrected chi connectivity index (χ4v) is 2.89. The van der Waals surface area contributed by atoms with Crippen molar-refractivity contribution in [3.05, 3.63) is 96.3 Å². The fourth-order valence-electron chi connectivity index (χ4n) is 2.89. The summed E-state index contributed by atoms with van der Waals surface area (Å²) >= 11 is 0. The Balaban J connectivity index is 1.67. The Kier molecular flexibility index (Phi) is 5.05. The number of halogens is 3. The first-order valence-corrected chi connectivity index (χ1v) is 8.96. The monoisotopic (exact) mass is 408 g/mol. The van der Waals surface area contributed by atoms with E-state index in [2.05, 4.69) is 15.4 Å². The number of amides is 1. The van der Waals surface area contributed by atoms with Gasteiger partial charge in [-0.15, -0.1) is 0 Å². The van der Waals surface area contributed by atoms with Crippen molar-refractivity contribution < 1.29 is 18.0 Å². The molecule has 2 heterocycles. The summed E-state index contributed by atoms with van der Waals surface area (Å²) in [6.07, 6.45) is -1.16. The van der Waals surface area contributed by atoms with Crippen molar-refractivity contribution in [2.24, 2.45) is 0 Å². The summed E-state index contributed by atoms with van der Waals surface area (Å²) in [5.74, 6) is -0.163. The van der Waals surface area contributed by atoms with Crippen LogP contribution in [-0.2, 0) is 6.18 Å². The summed E-state index contributed by atoms with van der Waals surface area (Å²) in [5, 5.41) is 7.29. The van der Waals surface area contributed by atoms with E-state index in [-0.39, 0.29) is 5.56 Å². The van der Waals surface area contributed by atoms with E-state index in [4.69, 9.17) is 0 Å². The maximum Gasteiger partial charge on any atom is 0.416 e. The van der Waals surface area contributed by atoms with Gasteiger partial charge in [0, 0.05) is 29.6 Å². The van der Waals surface area contributed by atoms with E-state index in [0.717, 1.165) is 35.5 Å². The second-order valence-corrected chi connectivity index (χ2v) is 6.43. The molecule has 0 aliphatic rings. The molecule has 150 valence electrons. The summed E-state index contributed by atoms with van der Waals surface area (Å²) in [6, 6.07) is 18.5. The van der Waals surface area contributed by atoms with E-state index >= 15 is 0 Å². The highest BCUT2D eigenvalue weighted by Crippen LogP contribution is 2.29. The van der Waals surface area contributed by atoms with Crippen LogP contribution in [-0.4, -0.2) is 20.7 Å². The normalized spacial score (nSPS) is 11.3. The number of para-hydroxylation sites is 1. The van der Waals surface area contributed by atoms with Crippen LogP contribution in [0.1, 0.15) is 15.9 Å².